The maximum absolute atomic E-state index is 5.98. The zero-order valence-corrected chi connectivity index (χ0v) is 8.84. The van der Waals surface area contributed by atoms with E-state index in [9.17, 15) is 0 Å². The van der Waals surface area contributed by atoms with E-state index in [1.165, 1.54) is 0 Å². The van der Waals surface area contributed by atoms with Crippen LogP contribution in [0.3, 0.4) is 0 Å². The number of nitrogens with one attached hydrogen (secondary N) is 1. The molecule has 1 aromatic rings. The lowest BCUT2D eigenvalue weighted by molar-refractivity contribution is 0.465. The molecule has 0 amide bonds. The fourth-order valence-corrected chi connectivity index (χ4v) is 1.54. The van der Waals surface area contributed by atoms with Crippen molar-refractivity contribution in [2.24, 2.45) is 5.84 Å². The third-order valence-electron chi connectivity index (χ3n) is 1.94. The summed E-state index contributed by atoms with van der Waals surface area (Å²) >= 11 is 5.98. The van der Waals surface area contributed by atoms with Crippen LogP contribution in [-0.4, -0.2) is 9.78 Å². The summed E-state index contributed by atoms with van der Waals surface area (Å²) in [4.78, 5) is 0. The molecular weight excluding hydrogens is 188 g/mol. The lowest BCUT2D eigenvalue weighted by Gasteiger charge is -2.16. The van der Waals surface area contributed by atoms with E-state index >= 15 is 0 Å². The zero-order chi connectivity index (χ0) is 10.0. The highest BCUT2D eigenvalue weighted by atomic mass is 35.5. The third kappa shape index (κ3) is 2.02. The van der Waals surface area contributed by atoms with Gasteiger partial charge in [0.25, 0.3) is 0 Å². The molecule has 0 spiro atoms. The first kappa shape index (κ1) is 10.5. The molecule has 13 heavy (non-hydrogen) atoms. The fourth-order valence-electron chi connectivity index (χ4n) is 1.25. The van der Waals surface area contributed by atoms with Crippen molar-refractivity contribution in [3.8, 4) is 0 Å². The molecule has 1 rings (SSSR count). The van der Waals surface area contributed by atoms with Crippen LogP contribution in [0.25, 0.3) is 0 Å². The van der Waals surface area contributed by atoms with Crippen LogP contribution in [0.15, 0.2) is 6.20 Å². The average molecular weight is 203 g/mol. The Kier molecular flexibility index (Phi) is 3.30. The molecule has 0 fully saturated rings. The van der Waals surface area contributed by atoms with Crippen LogP contribution in [0.5, 0.6) is 0 Å². The fraction of sp³-hybridized carbons (Fsp3) is 0.625. The number of nitrogens with zero attached hydrogens (tertiary/aromatic N) is 2. The summed E-state index contributed by atoms with van der Waals surface area (Å²) in [5, 5.41) is 4.83. The second-order valence-corrected chi connectivity index (χ2v) is 3.71. The van der Waals surface area contributed by atoms with E-state index < -0.39 is 0 Å². The number of hydrazine groups is 1. The van der Waals surface area contributed by atoms with E-state index in [2.05, 4.69) is 24.4 Å². The Hall–Kier alpha value is -0.580. The van der Waals surface area contributed by atoms with E-state index in [0.717, 1.165) is 5.69 Å². The summed E-state index contributed by atoms with van der Waals surface area (Å²) in [6, 6.07) is 0.302. The molecular formula is C8H15ClN4. The normalized spacial score (nSPS) is 13.7. The van der Waals surface area contributed by atoms with Gasteiger partial charge in [-0.1, -0.05) is 11.6 Å². The van der Waals surface area contributed by atoms with E-state index in [4.69, 9.17) is 17.4 Å². The molecule has 0 saturated carbocycles. The van der Waals surface area contributed by atoms with Gasteiger partial charge >= 0.3 is 0 Å². The SMILES string of the molecule is CC(NN)c1c(Cl)cnn1C(C)C. The Morgan fingerprint density at radius 1 is 1.54 bits per heavy atom. The number of hydrogen-bond acceptors (Lipinski definition) is 3. The van der Waals surface area contributed by atoms with Crippen LogP contribution in [0, 0.1) is 0 Å². The number of halogens is 1. The first-order valence-electron chi connectivity index (χ1n) is 4.27. The van der Waals surface area contributed by atoms with Crippen LogP contribution in [0.4, 0.5) is 0 Å². The molecule has 5 heteroatoms. The zero-order valence-electron chi connectivity index (χ0n) is 8.08. The Morgan fingerprint density at radius 3 is 2.62 bits per heavy atom. The molecule has 0 bridgehead atoms. The summed E-state index contributed by atoms with van der Waals surface area (Å²) in [5.41, 5.74) is 3.59. The number of aromatic nitrogens is 2. The molecule has 1 atom stereocenters. The maximum Gasteiger partial charge on any atom is 0.0834 e. The monoisotopic (exact) mass is 202 g/mol. The van der Waals surface area contributed by atoms with Crippen molar-refractivity contribution in [2.75, 3.05) is 0 Å². The van der Waals surface area contributed by atoms with Gasteiger partial charge in [0.05, 0.1) is 23.0 Å². The number of nitrogens with two attached hydrogens (primary N) is 1. The second-order valence-electron chi connectivity index (χ2n) is 3.30. The minimum atomic E-state index is 0.0115. The first-order valence-corrected chi connectivity index (χ1v) is 4.64. The topological polar surface area (TPSA) is 55.9 Å². The highest BCUT2D eigenvalue weighted by molar-refractivity contribution is 6.31. The molecule has 1 unspecified atom stereocenters. The van der Waals surface area contributed by atoms with Gasteiger partial charge in [-0.15, -0.1) is 0 Å². The predicted molar refractivity (Wildman–Crippen MR) is 53.4 cm³/mol. The summed E-state index contributed by atoms with van der Waals surface area (Å²) in [6.07, 6.45) is 1.64. The van der Waals surface area contributed by atoms with Crippen LogP contribution in [0.1, 0.15) is 38.5 Å². The molecule has 0 aliphatic heterocycles. The van der Waals surface area contributed by atoms with E-state index in [0.29, 0.717) is 11.1 Å². The second kappa shape index (κ2) is 4.09. The summed E-state index contributed by atoms with van der Waals surface area (Å²) in [7, 11) is 0. The van der Waals surface area contributed by atoms with Crippen LogP contribution >= 0.6 is 11.6 Å². The minimum Gasteiger partial charge on any atom is -0.271 e. The van der Waals surface area contributed by atoms with Gasteiger partial charge in [0.15, 0.2) is 0 Å². The van der Waals surface area contributed by atoms with E-state index in [1.54, 1.807) is 6.20 Å². The average Bonchev–Trinajstić information content (AvgIpc) is 2.46. The van der Waals surface area contributed by atoms with Crippen LogP contribution in [0.2, 0.25) is 5.02 Å². The minimum absolute atomic E-state index is 0.0115. The molecule has 4 nitrogen and oxygen atoms in total. The smallest absolute Gasteiger partial charge is 0.0834 e. The molecule has 0 radical (unpaired) electrons. The highest BCUT2D eigenvalue weighted by Gasteiger charge is 2.16. The molecule has 74 valence electrons. The Morgan fingerprint density at radius 2 is 2.15 bits per heavy atom. The van der Waals surface area contributed by atoms with Crippen molar-refractivity contribution >= 4 is 11.6 Å². The van der Waals surface area contributed by atoms with E-state index in [-0.39, 0.29) is 6.04 Å². The van der Waals surface area contributed by atoms with Gasteiger partial charge in [-0.25, -0.2) is 0 Å². The summed E-state index contributed by atoms with van der Waals surface area (Å²) in [5.74, 6) is 5.35. The largest absolute Gasteiger partial charge is 0.271 e. The quantitative estimate of drug-likeness (QED) is 0.579. The van der Waals surface area contributed by atoms with Crippen molar-refractivity contribution in [3.05, 3.63) is 16.9 Å². The van der Waals surface area contributed by atoms with E-state index in [1.807, 2.05) is 11.6 Å². The van der Waals surface area contributed by atoms with Crippen molar-refractivity contribution in [3.63, 3.8) is 0 Å². The van der Waals surface area contributed by atoms with Crippen molar-refractivity contribution in [2.45, 2.75) is 32.9 Å². The highest BCUT2D eigenvalue weighted by Crippen LogP contribution is 2.24. The van der Waals surface area contributed by atoms with Gasteiger partial charge in [0, 0.05) is 6.04 Å². The molecule has 0 aliphatic rings. The molecule has 0 aliphatic carbocycles. The maximum atomic E-state index is 5.98. The van der Waals surface area contributed by atoms with Gasteiger partial charge in [-0.05, 0) is 20.8 Å². The lowest BCUT2D eigenvalue weighted by Crippen LogP contribution is -2.28. The number of rotatable bonds is 3. The van der Waals surface area contributed by atoms with Crippen molar-refractivity contribution in [1.82, 2.24) is 15.2 Å². The first-order chi connectivity index (χ1) is 6.07. The molecule has 1 heterocycles. The standard InChI is InChI=1S/C8H15ClN4/c1-5(2)13-8(6(3)12-10)7(9)4-11-13/h4-6,12H,10H2,1-3H3. The Bertz CT molecular complexity index is 282. The molecule has 3 N–H and O–H groups in total. The van der Waals surface area contributed by atoms with Crippen molar-refractivity contribution in [1.29, 1.82) is 0 Å². The van der Waals surface area contributed by atoms with Gasteiger partial charge in [0.2, 0.25) is 0 Å². The summed E-state index contributed by atoms with van der Waals surface area (Å²) < 4.78 is 1.87. The van der Waals surface area contributed by atoms with Crippen LogP contribution in [-0.2, 0) is 0 Å². The molecule has 0 aromatic carbocycles. The van der Waals surface area contributed by atoms with Gasteiger partial charge in [-0.2, -0.15) is 5.10 Å². The predicted octanol–water partition coefficient (Wildman–Crippen LogP) is 1.64. The van der Waals surface area contributed by atoms with Gasteiger partial charge in [0.1, 0.15) is 0 Å². The van der Waals surface area contributed by atoms with Gasteiger partial charge < -0.3 is 0 Å². The summed E-state index contributed by atoms with van der Waals surface area (Å²) in [6.45, 7) is 6.05. The number of hydrogen-bond donors (Lipinski definition) is 2. The third-order valence-corrected chi connectivity index (χ3v) is 2.23. The lowest BCUT2D eigenvalue weighted by atomic mass is 10.2. The molecule has 0 saturated heterocycles. The Balaban J connectivity index is 3.08. The van der Waals surface area contributed by atoms with Crippen LogP contribution < -0.4 is 11.3 Å². The van der Waals surface area contributed by atoms with Crippen molar-refractivity contribution < 1.29 is 0 Å². The van der Waals surface area contributed by atoms with Gasteiger partial charge in [-0.3, -0.25) is 16.0 Å². The molecule has 1 aromatic heterocycles. The Labute approximate surface area is 83.0 Å².